The van der Waals surface area contributed by atoms with Crippen molar-refractivity contribution in [1.82, 2.24) is 25.2 Å². The molecule has 2 aromatic heterocycles. The van der Waals surface area contributed by atoms with Gasteiger partial charge in [-0.25, -0.2) is 9.97 Å². The van der Waals surface area contributed by atoms with E-state index in [1.807, 2.05) is 0 Å². The van der Waals surface area contributed by atoms with Crippen LogP contribution in [-0.2, 0) is 17.5 Å². The Bertz CT molecular complexity index is 1410. The molecule has 186 valence electrons. The standard InChI is InChI=1S/C22H15Cl2F3N6O3/c23-14-3-11(6-28)4-15(5-14)36-17-18(22(25,26)27)31-10-33(21(17)35)9-13-8-30-19(32-20(13)34)12-1-2-16(24)29-7-12/h1-5,7,10,13,19,30H,8-9H2,(H,32,34). The van der Waals surface area contributed by atoms with Gasteiger partial charge in [-0.1, -0.05) is 29.3 Å². The van der Waals surface area contributed by atoms with Gasteiger partial charge in [-0.2, -0.15) is 18.4 Å². The number of halogens is 5. The Hall–Kier alpha value is -3.66. The molecule has 14 heteroatoms. The molecule has 0 spiro atoms. The highest BCUT2D eigenvalue weighted by Gasteiger charge is 2.39. The number of hydrogen-bond donors (Lipinski definition) is 2. The first kappa shape index (κ1) is 25.4. The molecule has 0 aliphatic carbocycles. The van der Waals surface area contributed by atoms with E-state index in [9.17, 15) is 22.8 Å². The number of nitriles is 1. The molecule has 1 fully saturated rings. The van der Waals surface area contributed by atoms with Crippen molar-refractivity contribution in [3.63, 3.8) is 0 Å². The normalized spacial score (nSPS) is 17.8. The summed E-state index contributed by atoms with van der Waals surface area (Å²) in [5.74, 6) is -2.60. The number of aromatic nitrogens is 3. The van der Waals surface area contributed by atoms with Gasteiger partial charge in [-0.15, -0.1) is 0 Å². The van der Waals surface area contributed by atoms with Gasteiger partial charge in [0.25, 0.3) is 5.56 Å². The third-order valence-electron chi connectivity index (χ3n) is 5.21. The van der Waals surface area contributed by atoms with Gasteiger partial charge in [0.05, 0.1) is 23.9 Å². The zero-order valence-corrected chi connectivity index (χ0v) is 19.5. The van der Waals surface area contributed by atoms with Gasteiger partial charge in [0.1, 0.15) is 17.1 Å². The van der Waals surface area contributed by atoms with E-state index in [1.54, 1.807) is 18.2 Å². The summed E-state index contributed by atoms with van der Waals surface area (Å²) in [5, 5.41) is 15.2. The highest BCUT2D eigenvalue weighted by Crippen LogP contribution is 2.35. The van der Waals surface area contributed by atoms with E-state index >= 15 is 0 Å². The fourth-order valence-electron chi connectivity index (χ4n) is 3.51. The molecule has 0 saturated carbocycles. The third kappa shape index (κ3) is 5.59. The molecule has 9 nitrogen and oxygen atoms in total. The predicted octanol–water partition coefficient (Wildman–Crippen LogP) is 3.66. The number of pyridine rings is 1. The maximum atomic E-state index is 13.6. The predicted molar refractivity (Wildman–Crippen MR) is 121 cm³/mol. The summed E-state index contributed by atoms with van der Waals surface area (Å²) < 4.78 is 46.8. The second-order valence-electron chi connectivity index (χ2n) is 7.73. The summed E-state index contributed by atoms with van der Waals surface area (Å²) in [7, 11) is 0. The summed E-state index contributed by atoms with van der Waals surface area (Å²) in [5.41, 5.74) is -2.05. The van der Waals surface area contributed by atoms with Gasteiger partial charge in [-0.3, -0.25) is 19.5 Å². The minimum atomic E-state index is -5.01. The van der Waals surface area contributed by atoms with Crippen molar-refractivity contribution in [3.05, 3.63) is 80.2 Å². The summed E-state index contributed by atoms with van der Waals surface area (Å²) >= 11 is 11.7. The molecule has 1 aliphatic rings. The lowest BCUT2D eigenvalue weighted by Gasteiger charge is -2.30. The minimum Gasteiger partial charge on any atom is -0.449 e. The first-order chi connectivity index (χ1) is 17.0. The number of amides is 1. The number of carbonyl (C=O) groups is 1. The Morgan fingerprint density at radius 3 is 2.61 bits per heavy atom. The van der Waals surface area contributed by atoms with Crippen LogP contribution < -0.4 is 20.9 Å². The summed E-state index contributed by atoms with van der Waals surface area (Å²) in [6.07, 6.45) is -3.37. The van der Waals surface area contributed by atoms with Crippen LogP contribution in [0.2, 0.25) is 10.2 Å². The number of alkyl halides is 3. The number of nitrogens with one attached hydrogen (secondary N) is 2. The zero-order valence-electron chi connectivity index (χ0n) is 18.0. The largest absolute Gasteiger partial charge is 0.449 e. The van der Waals surface area contributed by atoms with Crippen LogP contribution in [0.1, 0.15) is 23.0 Å². The fourth-order valence-corrected chi connectivity index (χ4v) is 3.84. The van der Waals surface area contributed by atoms with E-state index in [-0.39, 0.29) is 34.6 Å². The number of benzene rings is 1. The second kappa shape index (κ2) is 10.1. The van der Waals surface area contributed by atoms with Crippen LogP contribution in [0, 0.1) is 17.2 Å². The Morgan fingerprint density at radius 2 is 1.97 bits per heavy atom. The van der Waals surface area contributed by atoms with Crippen LogP contribution in [0.5, 0.6) is 11.5 Å². The summed E-state index contributed by atoms with van der Waals surface area (Å²) in [4.78, 5) is 33.0. The Kier molecular flexibility index (Phi) is 7.16. The lowest BCUT2D eigenvalue weighted by molar-refractivity contribution is -0.142. The molecule has 1 aromatic carbocycles. The summed E-state index contributed by atoms with van der Waals surface area (Å²) in [6, 6.07) is 8.60. The van der Waals surface area contributed by atoms with Crippen LogP contribution >= 0.6 is 23.2 Å². The smallest absolute Gasteiger partial charge is 0.437 e. The number of rotatable bonds is 5. The Morgan fingerprint density at radius 1 is 1.19 bits per heavy atom. The molecule has 2 atom stereocenters. The fraction of sp³-hybridized carbons (Fsp3) is 0.227. The lowest BCUT2D eigenvalue weighted by Crippen LogP contribution is -2.52. The van der Waals surface area contributed by atoms with Crippen LogP contribution in [0.25, 0.3) is 0 Å². The lowest BCUT2D eigenvalue weighted by atomic mass is 10.0. The van der Waals surface area contributed by atoms with E-state index in [2.05, 4.69) is 20.6 Å². The molecular weight excluding hydrogens is 524 g/mol. The van der Waals surface area contributed by atoms with E-state index < -0.39 is 41.2 Å². The molecule has 1 aliphatic heterocycles. The van der Waals surface area contributed by atoms with Crippen molar-refractivity contribution < 1.29 is 22.7 Å². The number of ether oxygens (including phenoxy) is 1. The Labute approximate surface area is 211 Å². The molecule has 4 rings (SSSR count). The quantitative estimate of drug-likeness (QED) is 0.475. The molecular formula is C22H15Cl2F3N6O3. The molecule has 36 heavy (non-hydrogen) atoms. The Balaban J connectivity index is 1.60. The van der Waals surface area contributed by atoms with Crippen molar-refractivity contribution in [2.45, 2.75) is 18.9 Å². The number of hydrogen-bond acceptors (Lipinski definition) is 7. The molecule has 1 amide bonds. The highest BCUT2D eigenvalue weighted by molar-refractivity contribution is 6.30. The van der Waals surface area contributed by atoms with Gasteiger partial charge < -0.3 is 10.1 Å². The molecule has 0 bridgehead atoms. The zero-order chi connectivity index (χ0) is 26.0. The maximum absolute atomic E-state index is 13.6. The van der Waals surface area contributed by atoms with E-state index in [0.29, 0.717) is 11.9 Å². The van der Waals surface area contributed by atoms with Crippen molar-refractivity contribution in [3.8, 4) is 17.6 Å². The van der Waals surface area contributed by atoms with E-state index in [4.69, 9.17) is 33.2 Å². The van der Waals surface area contributed by atoms with Gasteiger partial charge in [0.15, 0.2) is 5.69 Å². The second-order valence-corrected chi connectivity index (χ2v) is 8.55. The third-order valence-corrected chi connectivity index (χ3v) is 5.65. The average molecular weight is 539 g/mol. The molecule has 2 N–H and O–H groups in total. The van der Waals surface area contributed by atoms with Crippen molar-refractivity contribution in [1.29, 1.82) is 5.26 Å². The van der Waals surface area contributed by atoms with E-state index in [1.165, 1.54) is 12.3 Å². The van der Waals surface area contributed by atoms with Crippen molar-refractivity contribution in [2.75, 3.05) is 6.54 Å². The highest BCUT2D eigenvalue weighted by atomic mass is 35.5. The van der Waals surface area contributed by atoms with Gasteiger partial charge >= 0.3 is 6.18 Å². The van der Waals surface area contributed by atoms with Crippen molar-refractivity contribution in [2.24, 2.45) is 5.92 Å². The van der Waals surface area contributed by atoms with Gasteiger partial charge in [0, 0.05) is 29.9 Å². The van der Waals surface area contributed by atoms with Crippen LogP contribution in [0.3, 0.4) is 0 Å². The SMILES string of the molecule is N#Cc1cc(Cl)cc(Oc2c(C(F)(F)F)ncn(CC3CNC(c4ccc(Cl)nc4)NC3=O)c2=O)c1. The number of carbonyl (C=O) groups excluding carboxylic acids is 1. The van der Waals surface area contributed by atoms with Gasteiger partial charge in [-0.05, 0) is 24.3 Å². The molecule has 0 radical (unpaired) electrons. The van der Waals surface area contributed by atoms with Crippen molar-refractivity contribution >= 4 is 29.1 Å². The first-order valence-electron chi connectivity index (χ1n) is 10.3. The minimum absolute atomic E-state index is 0.0191. The molecule has 3 heterocycles. The number of nitrogens with zero attached hydrogens (tertiary/aromatic N) is 4. The van der Waals surface area contributed by atoms with Crippen LogP contribution in [0.4, 0.5) is 13.2 Å². The van der Waals surface area contributed by atoms with E-state index in [0.717, 1.165) is 16.7 Å². The van der Waals surface area contributed by atoms with Crippen LogP contribution in [-0.4, -0.2) is 27.0 Å². The average Bonchev–Trinajstić information content (AvgIpc) is 2.82. The molecule has 3 aromatic rings. The molecule has 1 saturated heterocycles. The first-order valence-corrected chi connectivity index (χ1v) is 11.0. The maximum Gasteiger partial charge on any atom is 0.437 e. The monoisotopic (exact) mass is 538 g/mol. The topological polar surface area (TPSA) is 122 Å². The van der Waals surface area contributed by atoms with Gasteiger partial charge in [0.2, 0.25) is 11.7 Å². The van der Waals surface area contributed by atoms with Crippen LogP contribution in [0.15, 0.2) is 47.7 Å². The summed E-state index contributed by atoms with van der Waals surface area (Å²) in [6.45, 7) is -0.160. The molecule has 2 unspecified atom stereocenters.